The molecule has 4 rings (SSSR count). The van der Waals surface area contributed by atoms with E-state index in [1.54, 1.807) is 19.2 Å². The van der Waals surface area contributed by atoms with Gasteiger partial charge in [0.25, 0.3) is 5.91 Å². The summed E-state index contributed by atoms with van der Waals surface area (Å²) >= 11 is 0. The average Bonchev–Trinajstić information content (AvgIpc) is 3.18. The topological polar surface area (TPSA) is 116 Å². The van der Waals surface area contributed by atoms with Gasteiger partial charge in [-0.1, -0.05) is 36.4 Å². The van der Waals surface area contributed by atoms with E-state index in [2.05, 4.69) is 16.4 Å². The van der Waals surface area contributed by atoms with Gasteiger partial charge in [0.15, 0.2) is 6.61 Å². The van der Waals surface area contributed by atoms with Crippen molar-refractivity contribution in [3.63, 3.8) is 0 Å². The Morgan fingerprint density at radius 2 is 1.74 bits per heavy atom. The first-order valence-electron chi connectivity index (χ1n) is 11.0. The zero-order chi connectivity index (χ0) is 24.8. The lowest BCUT2D eigenvalue weighted by Crippen LogP contribution is -2.24. The lowest BCUT2D eigenvalue weighted by Gasteiger charge is -2.12. The lowest BCUT2D eigenvalue weighted by atomic mass is 9.99. The zero-order valence-electron chi connectivity index (χ0n) is 19.4. The number of ether oxygens (including phenoxy) is 2. The summed E-state index contributed by atoms with van der Waals surface area (Å²) in [5.74, 6) is 0.355. The zero-order valence-corrected chi connectivity index (χ0v) is 19.4. The van der Waals surface area contributed by atoms with E-state index in [0.717, 1.165) is 32.6 Å². The number of rotatable bonds is 9. The highest BCUT2D eigenvalue weighted by Crippen LogP contribution is 2.28. The summed E-state index contributed by atoms with van der Waals surface area (Å²) in [5, 5.41) is 2.53. The van der Waals surface area contributed by atoms with Gasteiger partial charge in [-0.15, -0.1) is 4.74 Å². The number of amides is 1. The minimum absolute atomic E-state index is 0.0237. The molecule has 0 unspecified atom stereocenters. The fourth-order valence-electron chi connectivity index (χ4n) is 3.54. The number of hydrogen-bond acceptors (Lipinski definition) is 6. The normalized spacial score (nSPS) is 10.7. The van der Waals surface area contributed by atoms with Crippen molar-refractivity contribution in [3.8, 4) is 22.6 Å². The molecule has 1 amide bonds. The van der Waals surface area contributed by atoms with Crippen molar-refractivity contribution in [2.75, 3.05) is 13.7 Å². The number of nitrogens with one attached hydrogen (secondary N) is 2. The van der Waals surface area contributed by atoms with Crippen LogP contribution in [0.2, 0.25) is 0 Å². The van der Waals surface area contributed by atoms with Gasteiger partial charge in [0, 0.05) is 7.05 Å². The Kier molecular flexibility index (Phi) is 7.15. The lowest BCUT2D eigenvalue weighted by molar-refractivity contribution is -0.122. The van der Waals surface area contributed by atoms with Crippen molar-refractivity contribution in [2.24, 2.45) is 0 Å². The Hall–Kier alpha value is -4.53. The van der Waals surface area contributed by atoms with E-state index >= 15 is 0 Å². The molecule has 9 nitrogen and oxygen atoms in total. The van der Waals surface area contributed by atoms with Crippen molar-refractivity contribution in [3.05, 3.63) is 104 Å². The quantitative estimate of drug-likeness (QED) is 0.385. The van der Waals surface area contributed by atoms with Crippen LogP contribution >= 0.6 is 0 Å². The predicted octanol–water partition coefficient (Wildman–Crippen LogP) is 2.86. The number of carbonyl (C=O) groups is 1. The summed E-state index contributed by atoms with van der Waals surface area (Å²) in [6.07, 6.45) is 0. The van der Waals surface area contributed by atoms with Gasteiger partial charge in [-0.05, 0) is 65.1 Å². The number of hydrogen-bond donors (Lipinski definition) is 2. The number of aryl methyl sites for hydroxylation is 1. The van der Waals surface area contributed by atoms with Crippen LogP contribution in [0.1, 0.15) is 16.7 Å². The van der Waals surface area contributed by atoms with E-state index in [1.807, 2.05) is 55.5 Å². The fourth-order valence-corrected chi connectivity index (χ4v) is 3.54. The molecule has 0 spiro atoms. The summed E-state index contributed by atoms with van der Waals surface area (Å²) in [6, 6.07) is 21.0. The van der Waals surface area contributed by atoms with Gasteiger partial charge in [0.2, 0.25) is 0 Å². The third-order valence-electron chi connectivity index (χ3n) is 5.37. The molecular weight excluding hydrogens is 450 g/mol. The van der Waals surface area contributed by atoms with Gasteiger partial charge in [0.05, 0.1) is 6.54 Å². The Labute approximate surface area is 200 Å². The molecule has 1 heterocycles. The van der Waals surface area contributed by atoms with E-state index in [-0.39, 0.29) is 19.1 Å². The Morgan fingerprint density at radius 3 is 2.43 bits per heavy atom. The molecule has 0 fully saturated rings. The van der Waals surface area contributed by atoms with Gasteiger partial charge in [-0.3, -0.25) is 4.79 Å². The Balaban J connectivity index is 1.39. The Bertz CT molecular complexity index is 1430. The highest BCUT2D eigenvalue weighted by atomic mass is 16.5. The molecule has 4 aromatic rings. The molecule has 0 saturated heterocycles. The fraction of sp³-hybridized carbons (Fsp3) is 0.192. The van der Waals surface area contributed by atoms with Crippen LogP contribution in [0.5, 0.6) is 11.5 Å². The smallest absolute Gasteiger partial charge is 0.440 e. The number of carbonyl (C=O) groups excluding carboxylic acids is 1. The third-order valence-corrected chi connectivity index (χ3v) is 5.37. The van der Waals surface area contributed by atoms with Gasteiger partial charge < -0.3 is 19.3 Å². The summed E-state index contributed by atoms with van der Waals surface area (Å²) in [7, 11) is 1.57. The molecule has 0 atom stereocenters. The monoisotopic (exact) mass is 475 g/mol. The second kappa shape index (κ2) is 10.6. The third kappa shape index (κ3) is 6.08. The average molecular weight is 476 g/mol. The van der Waals surface area contributed by atoms with Crippen LogP contribution in [0.3, 0.4) is 0 Å². The first-order valence-corrected chi connectivity index (χ1v) is 11.0. The molecule has 0 saturated carbocycles. The molecule has 2 N–H and O–H groups in total. The van der Waals surface area contributed by atoms with Crippen molar-refractivity contribution in [1.82, 2.24) is 15.0 Å². The minimum atomic E-state index is -0.780. The highest BCUT2D eigenvalue weighted by Gasteiger charge is 2.08. The molecule has 9 heteroatoms. The molecular formula is C26H25N3O6. The van der Waals surface area contributed by atoms with Crippen LogP contribution in [0.4, 0.5) is 0 Å². The largest absolute Gasteiger partial charge is 0.489 e. The number of aromatic nitrogens is 2. The van der Waals surface area contributed by atoms with Gasteiger partial charge in [-0.2, -0.15) is 0 Å². The Morgan fingerprint density at radius 1 is 0.971 bits per heavy atom. The standard InChI is InChI=1S/C26H25N3O6/c1-17-12-22(34-16-24(30)27-2)10-11-23(17)20-5-3-4-19(13-20)15-33-21-8-6-18(7-9-21)14-29-25(31)28-26(32)35-29/h3-13H,14-16H2,1-2H3,(H,27,30)(H,28,31,32). The second-order valence-electron chi connectivity index (χ2n) is 7.92. The van der Waals surface area contributed by atoms with Crippen LogP contribution in [0.25, 0.3) is 11.1 Å². The number of benzene rings is 3. The molecule has 0 aliphatic heterocycles. The first kappa shape index (κ1) is 23.6. The minimum Gasteiger partial charge on any atom is -0.489 e. The van der Waals surface area contributed by atoms with E-state index in [9.17, 15) is 14.4 Å². The highest BCUT2D eigenvalue weighted by molar-refractivity contribution is 5.77. The van der Waals surface area contributed by atoms with Crippen molar-refractivity contribution in [2.45, 2.75) is 20.1 Å². The van der Waals surface area contributed by atoms with E-state index < -0.39 is 11.4 Å². The summed E-state index contributed by atoms with van der Waals surface area (Å²) in [5.41, 5.74) is 4.36. The number of aromatic amines is 1. The van der Waals surface area contributed by atoms with Crippen LogP contribution in [-0.2, 0) is 17.9 Å². The predicted molar refractivity (Wildman–Crippen MR) is 130 cm³/mol. The molecule has 35 heavy (non-hydrogen) atoms. The van der Waals surface area contributed by atoms with E-state index in [4.69, 9.17) is 14.0 Å². The molecule has 0 radical (unpaired) electrons. The van der Waals surface area contributed by atoms with Gasteiger partial charge in [-0.25, -0.2) is 14.6 Å². The van der Waals surface area contributed by atoms with Crippen molar-refractivity contribution in [1.29, 1.82) is 0 Å². The molecule has 0 bridgehead atoms. The maximum absolute atomic E-state index is 11.6. The summed E-state index contributed by atoms with van der Waals surface area (Å²) in [6.45, 7) is 2.50. The number of H-pyrrole nitrogens is 1. The van der Waals surface area contributed by atoms with Crippen LogP contribution in [0.15, 0.2) is 80.8 Å². The molecule has 3 aromatic carbocycles. The SMILES string of the molecule is CNC(=O)COc1ccc(-c2cccc(COc3ccc(Cn4oc(=O)[nH]c4=O)cc3)c2)c(C)c1. The maximum atomic E-state index is 11.6. The summed E-state index contributed by atoms with van der Waals surface area (Å²) < 4.78 is 17.2. The van der Waals surface area contributed by atoms with Crippen LogP contribution in [0, 0.1) is 6.92 Å². The van der Waals surface area contributed by atoms with E-state index in [1.165, 1.54) is 0 Å². The number of nitrogens with zero attached hydrogens (tertiary/aromatic N) is 1. The summed E-state index contributed by atoms with van der Waals surface area (Å²) in [4.78, 5) is 36.1. The van der Waals surface area contributed by atoms with Crippen LogP contribution in [-0.4, -0.2) is 29.3 Å². The molecule has 180 valence electrons. The van der Waals surface area contributed by atoms with Crippen LogP contribution < -0.4 is 26.2 Å². The molecule has 0 aliphatic rings. The molecule has 0 aliphatic carbocycles. The maximum Gasteiger partial charge on any atom is 0.440 e. The first-order chi connectivity index (χ1) is 16.9. The second-order valence-corrected chi connectivity index (χ2v) is 7.92. The molecule has 1 aromatic heterocycles. The van der Waals surface area contributed by atoms with Gasteiger partial charge >= 0.3 is 11.4 Å². The van der Waals surface area contributed by atoms with Gasteiger partial charge in [0.1, 0.15) is 18.1 Å². The van der Waals surface area contributed by atoms with Crippen molar-refractivity contribution >= 4 is 5.91 Å². The number of likely N-dealkylation sites (N-methyl/N-ethyl adjacent to an activating group) is 1. The van der Waals surface area contributed by atoms with E-state index in [0.29, 0.717) is 18.1 Å². The van der Waals surface area contributed by atoms with Crippen molar-refractivity contribution < 1.29 is 18.8 Å².